The number of rotatable bonds is 5. The summed E-state index contributed by atoms with van der Waals surface area (Å²) < 4.78 is 0.244. The number of alkyl halides is 1. The molecule has 0 aliphatic heterocycles. The van der Waals surface area contributed by atoms with Crippen molar-refractivity contribution < 1.29 is 0 Å². The SMILES string of the molecule is CC[Si](CC)C(Cl)([Si](C)(C)C)[Si](C)(C)C. The first kappa shape index (κ1) is 15.9. The van der Waals surface area contributed by atoms with Crippen LogP contribution in [0.4, 0.5) is 0 Å². The highest BCUT2D eigenvalue weighted by Crippen LogP contribution is 2.41. The molecule has 15 heavy (non-hydrogen) atoms. The van der Waals surface area contributed by atoms with E-state index in [-0.39, 0.29) is 12.5 Å². The van der Waals surface area contributed by atoms with Crippen LogP contribution in [0.2, 0.25) is 51.4 Å². The van der Waals surface area contributed by atoms with Crippen LogP contribution in [0.15, 0.2) is 0 Å². The van der Waals surface area contributed by atoms with Crippen LogP contribution in [-0.2, 0) is 0 Å². The molecule has 4 heteroatoms. The molecule has 0 saturated carbocycles. The summed E-state index contributed by atoms with van der Waals surface area (Å²) in [6, 6.07) is 2.67. The van der Waals surface area contributed by atoms with E-state index in [2.05, 4.69) is 53.1 Å². The molecule has 0 fully saturated rings. The Labute approximate surface area is 105 Å². The number of halogens is 1. The second-order valence-electron chi connectivity index (χ2n) is 6.47. The van der Waals surface area contributed by atoms with Gasteiger partial charge in [0.05, 0.1) is 24.9 Å². The van der Waals surface area contributed by atoms with Crippen LogP contribution in [0, 0.1) is 0 Å². The van der Waals surface area contributed by atoms with E-state index >= 15 is 0 Å². The van der Waals surface area contributed by atoms with E-state index in [1.807, 2.05) is 0 Å². The molecule has 0 amide bonds. The molecule has 0 aromatic heterocycles. The van der Waals surface area contributed by atoms with Gasteiger partial charge in [0.1, 0.15) is 0 Å². The van der Waals surface area contributed by atoms with Gasteiger partial charge in [0, 0.05) is 3.74 Å². The lowest BCUT2D eigenvalue weighted by Gasteiger charge is -2.51. The molecule has 0 heterocycles. The standard InChI is InChI=1S/C11H28ClSi3/c1-9-13(10-2)11(12,14(3,4)5)15(6,7)8/h9-10H2,1-8H3. The first-order chi connectivity index (χ1) is 6.52. The van der Waals surface area contributed by atoms with Crippen molar-refractivity contribution in [3.8, 4) is 0 Å². The minimum atomic E-state index is -1.28. The van der Waals surface area contributed by atoms with Crippen molar-refractivity contribution in [2.75, 3.05) is 0 Å². The molecule has 0 rings (SSSR count). The van der Waals surface area contributed by atoms with Gasteiger partial charge < -0.3 is 0 Å². The Morgan fingerprint density at radius 1 is 0.867 bits per heavy atom. The third-order valence-electron chi connectivity index (χ3n) is 3.41. The molecular weight excluding hydrogens is 252 g/mol. The summed E-state index contributed by atoms with van der Waals surface area (Å²) in [7, 11) is -2.94. The van der Waals surface area contributed by atoms with Crippen LogP contribution in [0.3, 0.4) is 0 Å². The Hall–Kier alpha value is 0.941. The van der Waals surface area contributed by atoms with E-state index < -0.39 is 16.1 Å². The maximum Gasteiger partial charge on any atom is 0.0661 e. The van der Waals surface area contributed by atoms with Crippen LogP contribution < -0.4 is 0 Å². The van der Waals surface area contributed by atoms with E-state index in [0.29, 0.717) is 0 Å². The normalized spacial score (nSPS) is 14.8. The summed E-state index contributed by atoms with van der Waals surface area (Å²) in [5.41, 5.74) is 0. The molecule has 0 aromatic carbocycles. The van der Waals surface area contributed by atoms with Gasteiger partial charge >= 0.3 is 0 Å². The monoisotopic (exact) mass is 279 g/mol. The molecule has 0 saturated heterocycles. The Morgan fingerprint density at radius 3 is 1.20 bits per heavy atom. The van der Waals surface area contributed by atoms with Gasteiger partial charge in [0.15, 0.2) is 0 Å². The van der Waals surface area contributed by atoms with E-state index in [9.17, 15) is 0 Å². The largest absolute Gasteiger partial charge is 0.130 e. The zero-order valence-corrected chi connectivity index (χ0v) is 15.5. The van der Waals surface area contributed by atoms with Gasteiger partial charge in [-0.1, -0.05) is 65.2 Å². The highest BCUT2D eigenvalue weighted by molar-refractivity contribution is 7.18. The summed E-state index contributed by atoms with van der Waals surface area (Å²) in [5.74, 6) is 0. The van der Waals surface area contributed by atoms with Crippen LogP contribution in [0.25, 0.3) is 0 Å². The Balaban J connectivity index is 5.40. The van der Waals surface area contributed by atoms with E-state index in [4.69, 9.17) is 11.6 Å². The molecule has 0 bridgehead atoms. The quantitative estimate of drug-likeness (QED) is 0.501. The summed E-state index contributed by atoms with van der Waals surface area (Å²) in [5, 5.41) is 0. The van der Waals surface area contributed by atoms with Crippen molar-refractivity contribution in [1.29, 1.82) is 0 Å². The molecule has 0 spiro atoms. The third-order valence-corrected chi connectivity index (χ3v) is 25.5. The van der Waals surface area contributed by atoms with Gasteiger partial charge in [-0.25, -0.2) is 0 Å². The second-order valence-corrected chi connectivity index (χ2v) is 23.4. The number of hydrogen-bond acceptors (Lipinski definition) is 0. The van der Waals surface area contributed by atoms with Gasteiger partial charge in [0.25, 0.3) is 0 Å². The van der Waals surface area contributed by atoms with Crippen LogP contribution in [0.1, 0.15) is 13.8 Å². The molecule has 0 aliphatic rings. The van der Waals surface area contributed by atoms with Crippen LogP contribution in [0.5, 0.6) is 0 Å². The average Bonchev–Trinajstić information content (AvgIpc) is 2.02. The lowest BCUT2D eigenvalue weighted by atomic mass is 10.9. The summed E-state index contributed by atoms with van der Waals surface area (Å²) >= 11 is 7.23. The maximum absolute atomic E-state index is 7.23. The Bertz CT molecular complexity index is 185. The molecule has 91 valence electrons. The molecular formula is C11H28ClSi3. The molecule has 0 aliphatic carbocycles. The van der Waals surface area contributed by atoms with Crippen LogP contribution >= 0.6 is 11.6 Å². The fourth-order valence-electron chi connectivity index (χ4n) is 2.92. The summed E-state index contributed by atoms with van der Waals surface area (Å²) in [6.45, 7) is 19.5. The van der Waals surface area contributed by atoms with Crippen molar-refractivity contribution in [3.63, 3.8) is 0 Å². The lowest BCUT2D eigenvalue weighted by molar-refractivity contribution is 1.19. The van der Waals surface area contributed by atoms with Gasteiger partial charge in [-0.15, -0.1) is 11.6 Å². The first-order valence-corrected chi connectivity index (χ1v) is 15.4. The highest BCUT2D eigenvalue weighted by Gasteiger charge is 2.55. The zero-order chi connectivity index (χ0) is 12.5. The predicted octanol–water partition coefficient (Wildman–Crippen LogP) is 4.79. The molecule has 0 atom stereocenters. The van der Waals surface area contributed by atoms with Gasteiger partial charge in [0.2, 0.25) is 0 Å². The van der Waals surface area contributed by atoms with Gasteiger partial charge in [-0.2, -0.15) is 0 Å². The van der Waals surface area contributed by atoms with E-state index in [1.165, 1.54) is 12.1 Å². The molecule has 0 unspecified atom stereocenters. The first-order valence-electron chi connectivity index (χ1n) is 6.06. The fourth-order valence-corrected chi connectivity index (χ4v) is 24.8. The maximum atomic E-state index is 7.23. The minimum Gasteiger partial charge on any atom is -0.130 e. The van der Waals surface area contributed by atoms with Crippen molar-refractivity contribution in [2.24, 2.45) is 0 Å². The number of hydrogen-bond donors (Lipinski definition) is 0. The summed E-state index contributed by atoms with van der Waals surface area (Å²) in [6.07, 6.45) is 0. The minimum absolute atomic E-state index is 0.244. The van der Waals surface area contributed by atoms with Crippen LogP contribution in [-0.4, -0.2) is 28.7 Å². The van der Waals surface area contributed by atoms with E-state index in [1.54, 1.807) is 0 Å². The Morgan fingerprint density at radius 2 is 1.13 bits per heavy atom. The zero-order valence-electron chi connectivity index (χ0n) is 11.8. The topological polar surface area (TPSA) is 0 Å². The van der Waals surface area contributed by atoms with Crippen molar-refractivity contribution >= 4 is 36.5 Å². The second kappa shape index (κ2) is 5.07. The van der Waals surface area contributed by atoms with Gasteiger partial charge in [-0.3, -0.25) is 0 Å². The highest BCUT2D eigenvalue weighted by atomic mass is 35.5. The molecule has 0 aromatic rings. The lowest BCUT2D eigenvalue weighted by Crippen LogP contribution is -2.70. The predicted molar refractivity (Wildman–Crippen MR) is 82.0 cm³/mol. The fraction of sp³-hybridized carbons (Fsp3) is 1.00. The third kappa shape index (κ3) is 2.99. The smallest absolute Gasteiger partial charge is 0.0661 e. The van der Waals surface area contributed by atoms with Crippen molar-refractivity contribution in [2.45, 2.75) is 69.0 Å². The van der Waals surface area contributed by atoms with E-state index in [0.717, 1.165) is 0 Å². The average molecular weight is 280 g/mol. The van der Waals surface area contributed by atoms with Crippen molar-refractivity contribution in [3.05, 3.63) is 0 Å². The molecule has 0 N–H and O–H groups in total. The van der Waals surface area contributed by atoms with Crippen molar-refractivity contribution in [1.82, 2.24) is 0 Å². The molecule has 1 radical (unpaired) electrons. The Kier molecular flexibility index (Phi) is 5.38. The summed E-state index contributed by atoms with van der Waals surface area (Å²) in [4.78, 5) is 0. The van der Waals surface area contributed by atoms with Gasteiger partial charge in [-0.05, 0) is 0 Å². The molecule has 0 nitrogen and oxygen atoms in total.